The molecule has 0 aliphatic heterocycles. The highest BCUT2D eigenvalue weighted by atomic mass is 35.5. The van der Waals surface area contributed by atoms with Crippen molar-refractivity contribution in [1.82, 2.24) is 9.97 Å². The van der Waals surface area contributed by atoms with E-state index in [1.54, 1.807) is 18.3 Å². The molecule has 2 heterocycles. The number of fused-ring (bicyclic) bond motifs is 3. The Kier molecular flexibility index (Phi) is 3.54. The van der Waals surface area contributed by atoms with Gasteiger partial charge in [0.1, 0.15) is 16.3 Å². The van der Waals surface area contributed by atoms with Crippen LogP contribution in [-0.2, 0) is 16.0 Å². The van der Waals surface area contributed by atoms with Crippen molar-refractivity contribution in [3.63, 3.8) is 0 Å². The molecule has 1 aromatic carbocycles. The molecule has 6 heteroatoms. The van der Waals surface area contributed by atoms with E-state index in [1.165, 1.54) is 6.33 Å². The van der Waals surface area contributed by atoms with E-state index in [4.69, 9.17) is 16.3 Å². The molecule has 0 aliphatic rings. The van der Waals surface area contributed by atoms with Gasteiger partial charge in [0.25, 0.3) is 0 Å². The van der Waals surface area contributed by atoms with Gasteiger partial charge in [-0.3, -0.25) is 4.79 Å². The van der Waals surface area contributed by atoms with Gasteiger partial charge in [0.2, 0.25) is 0 Å². The Bertz CT molecular complexity index is 800. The molecule has 0 saturated carbocycles. The van der Waals surface area contributed by atoms with E-state index in [-0.39, 0.29) is 12.4 Å². The van der Waals surface area contributed by atoms with Gasteiger partial charge in [-0.25, -0.2) is 9.97 Å². The third kappa shape index (κ3) is 2.34. The van der Waals surface area contributed by atoms with Gasteiger partial charge in [0, 0.05) is 10.1 Å². The molecular formula is C14H11ClN2O2S. The maximum Gasteiger partial charge on any atom is 0.310 e. The van der Waals surface area contributed by atoms with Crippen LogP contribution in [0.1, 0.15) is 12.5 Å². The maximum absolute atomic E-state index is 11.5. The van der Waals surface area contributed by atoms with E-state index in [9.17, 15) is 4.79 Å². The van der Waals surface area contributed by atoms with E-state index in [0.717, 1.165) is 25.9 Å². The first-order chi connectivity index (χ1) is 9.69. The van der Waals surface area contributed by atoms with Crippen LogP contribution in [0.25, 0.3) is 20.3 Å². The average Bonchev–Trinajstić information content (AvgIpc) is 2.78. The van der Waals surface area contributed by atoms with E-state index < -0.39 is 0 Å². The van der Waals surface area contributed by atoms with Crippen molar-refractivity contribution in [3.05, 3.63) is 35.2 Å². The molecule has 3 rings (SSSR count). The van der Waals surface area contributed by atoms with Gasteiger partial charge >= 0.3 is 5.97 Å². The van der Waals surface area contributed by atoms with Crippen LogP contribution in [0.3, 0.4) is 0 Å². The number of aromatic nitrogens is 2. The normalized spacial score (nSPS) is 11.1. The smallest absolute Gasteiger partial charge is 0.310 e. The summed E-state index contributed by atoms with van der Waals surface area (Å²) >= 11 is 7.71. The minimum Gasteiger partial charge on any atom is -0.466 e. The Morgan fingerprint density at radius 2 is 2.25 bits per heavy atom. The monoisotopic (exact) mass is 306 g/mol. The lowest BCUT2D eigenvalue weighted by molar-refractivity contribution is -0.142. The van der Waals surface area contributed by atoms with Gasteiger partial charge in [0.05, 0.1) is 18.4 Å². The van der Waals surface area contributed by atoms with E-state index in [1.807, 2.05) is 18.2 Å². The SMILES string of the molecule is CCOC(=O)Cc1ccc2sc3ncnc(Cl)c3c2c1. The van der Waals surface area contributed by atoms with Gasteiger partial charge < -0.3 is 4.74 Å². The minimum absolute atomic E-state index is 0.228. The summed E-state index contributed by atoms with van der Waals surface area (Å²) in [6.07, 6.45) is 1.71. The Hall–Kier alpha value is -1.72. The summed E-state index contributed by atoms with van der Waals surface area (Å²) in [6.45, 7) is 2.19. The van der Waals surface area contributed by atoms with Crippen LogP contribution in [0, 0.1) is 0 Å². The average molecular weight is 307 g/mol. The summed E-state index contributed by atoms with van der Waals surface area (Å²) in [5, 5.41) is 2.27. The zero-order chi connectivity index (χ0) is 14.1. The second kappa shape index (κ2) is 5.34. The van der Waals surface area contributed by atoms with Gasteiger partial charge in [0.15, 0.2) is 0 Å². The van der Waals surface area contributed by atoms with Crippen LogP contribution in [0.4, 0.5) is 0 Å². The lowest BCUT2D eigenvalue weighted by Gasteiger charge is -2.02. The molecule has 102 valence electrons. The lowest BCUT2D eigenvalue weighted by atomic mass is 10.1. The largest absolute Gasteiger partial charge is 0.466 e. The molecule has 3 aromatic rings. The molecule has 0 N–H and O–H groups in total. The number of hydrogen-bond donors (Lipinski definition) is 0. The standard InChI is InChI=1S/C14H11ClN2O2S/c1-2-19-11(18)6-8-3-4-10-9(5-8)12-13(15)16-7-17-14(12)20-10/h3-5,7H,2,6H2,1H3. The van der Waals surface area contributed by atoms with Gasteiger partial charge in [-0.15, -0.1) is 11.3 Å². The van der Waals surface area contributed by atoms with Crippen molar-refractivity contribution in [1.29, 1.82) is 0 Å². The van der Waals surface area contributed by atoms with Crippen molar-refractivity contribution < 1.29 is 9.53 Å². The molecule has 0 unspecified atom stereocenters. The van der Waals surface area contributed by atoms with E-state index in [2.05, 4.69) is 9.97 Å². The van der Waals surface area contributed by atoms with Crippen LogP contribution in [0.15, 0.2) is 24.5 Å². The number of halogens is 1. The molecule has 2 aromatic heterocycles. The Labute approximate surface area is 124 Å². The number of carbonyl (C=O) groups excluding carboxylic acids is 1. The number of rotatable bonds is 3. The topological polar surface area (TPSA) is 52.1 Å². The molecule has 0 radical (unpaired) electrons. The number of thiophene rings is 1. The van der Waals surface area contributed by atoms with Crippen molar-refractivity contribution in [2.45, 2.75) is 13.3 Å². The predicted molar refractivity (Wildman–Crippen MR) is 80.3 cm³/mol. The summed E-state index contributed by atoms with van der Waals surface area (Å²) in [5.41, 5.74) is 0.899. The number of benzene rings is 1. The Balaban J connectivity index is 2.10. The molecule has 20 heavy (non-hydrogen) atoms. The summed E-state index contributed by atoms with van der Waals surface area (Å²) in [4.78, 5) is 20.7. The number of nitrogens with zero attached hydrogens (tertiary/aromatic N) is 2. The van der Waals surface area contributed by atoms with Crippen LogP contribution in [0.2, 0.25) is 5.15 Å². The zero-order valence-corrected chi connectivity index (χ0v) is 12.3. The molecule has 0 saturated heterocycles. The third-order valence-electron chi connectivity index (χ3n) is 2.94. The molecule has 0 bridgehead atoms. The zero-order valence-electron chi connectivity index (χ0n) is 10.7. The highest BCUT2D eigenvalue weighted by Gasteiger charge is 2.12. The predicted octanol–water partition coefficient (Wildman–Crippen LogP) is 3.60. The van der Waals surface area contributed by atoms with Crippen LogP contribution >= 0.6 is 22.9 Å². The van der Waals surface area contributed by atoms with Crippen molar-refractivity contribution >= 4 is 49.2 Å². The highest BCUT2D eigenvalue weighted by Crippen LogP contribution is 2.36. The fraction of sp³-hybridized carbons (Fsp3) is 0.214. The van der Waals surface area contributed by atoms with E-state index >= 15 is 0 Å². The van der Waals surface area contributed by atoms with E-state index in [0.29, 0.717) is 11.8 Å². The summed E-state index contributed by atoms with van der Waals surface area (Å²) in [7, 11) is 0. The van der Waals surface area contributed by atoms with Crippen molar-refractivity contribution in [2.75, 3.05) is 6.61 Å². The maximum atomic E-state index is 11.5. The van der Waals surface area contributed by atoms with Gasteiger partial charge in [-0.2, -0.15) is 0 Å². The van der Waals surface area contributed by atoms with Crippen molar-refractivity contribution in [2.24, 2.45) is 0 Å². The number of esters is 1. The third-order valence-corrected chi connectivity index (χ3v) is 4.31. The first kappa shape index (κ1) is 13.3. The van der Waals surface area contributed by atoms with Crippen molar-refractivity contribution in [3.8, 4) is 0 Å². The number of ether oxygens (including phenoxy) is 1. The number of hydrogen-bond acceptors (Lipinski definition) is 5. The Morgan fingerprint density at radius 1 is 1.40 bits per heavy atom. The quantitative estimate of drug-likeness (QED) is 0.548. The molecule has 0 amide bonds. The first-order valence-corrected chi connectivity index (χ1v) is 7.35. The fourth-order valence-corrected chi connectivity index (χ4v) is 3.42. The number of carbonyl (C=O) groups is 1. The summed E-state index contributed by atoms with van der Waals surface area (Å²) in [6, 6.07) is 5.86. The Morgan fingerprint density at radius 3 is 3.05 bits per heavy atom. The summed E-state index contributed by atoms with van der Waals surface area (Å²) < 4.78 is 6.04. The summed E-state index contributed by atoms with van der Waals surface area (Å²) in [5.74, 6) is -0.228. The first-order valence-electron chi connectivity index (χ1n) is 6.16. The fourth-order valence-electron chi connectivity index (χ4n) is 2.11. The molecule has 0 fully saturated rings. The molecule has 0 spiro atoms. The van der Waals surface area contributed by atoms with Gasteiger partial charge in [-0.1, -0.05) is 17.7 Å². The van der Waals surface area contributed by atoms with Crippen LogP contribution < -0.4 is 0 Å². The molecule has 0 atom stereocenters. The second-order valence-corrected chi connectivity index (χ2v) is 5.65. The van der Waals surface area contributed by atoms with Gasteiger partial charge in [-0.05, 0) is 24.6 Å². The minimum atomic E-state index is -0.228. The van der Waals surface area contributed by atoms with Crippen LogP contribution in [-0.4, -0.2) is 22.5 Å². The molecule has 0 aliphatic carbocycles. The lowest BCUT2D eigenvalue weighted by Crippen LogP contribution is -2.07. The van der Waals surface area contributed by atoms with Crippen LogP contribution in [0.5, 0.6) is 0 Å². The molecular weight excluding hydrogens is 296 g/mol. The highest BCUT2D eigenvalue weighted by molar-refractivity contribution is 7.25. The molecule has 4 nitrogen and oxygen atoms in total. The second-order valence-electron chi connectivity index (χ2n) is 4.26.